The van der Waals surface area contributed by atoms with Crippen LogP contribution in [0.4, 0.5) is 0 Å². The second-order valence-electron chi connectivity index (χ2n) is 4.61. The molecule has 0 amide bonds. The van der Waals surface area contributed by atoms with Gasteiger partial charge in [-0.15, -0.1) is 0 Å². The molecule has 1 heteroatoms. The minimum absolute atomic E-state index is 0.257. The molecule has 13 heavy (non-hydrogen) atoms. The highest BCUT2D eigenvalue weighted by molar-refractivity contribution is 5.84. The van der Waals surface area contributed by atoms with Gasteiger partial charge in [0.05, 0.1) is 0 Å². The van der Waals surface area contributed by atoms with E-state index < -0.39 is 0 Å². The van der Waals surface area contributed by atoms with E-state index in [1.807, 2.05) is 0 Å². The first kappa shape index (κ1) is 8.98. The molecule has 0 bridgehead atoms. The number of hydrogen-bond donors (Lipinski definition) is 0. The number of carbonyl (C=O) groups is 1. The van der Waals surface area contributed by atoms with E-state index >= 15 is 0 Å². The molecule has 1 fully saturated rings. The summed E-state index contributed by atoms with van der Waals surface area (Å²) in [4.78, 5) is 11.9. The van der Waals surface area contributed by atoms with Gasteiger partial charge >= 0.3 is 0 Å². The lowest BCUT2D eigenvalue weighted by molar-refractivity contribution is -0.126. The maximum atomic E-state index is 11.9. The zero-order chi connectivity index (χ0) is 9.42. The van der Waals surface area contributed by atoms with E-state index in [2.05, 4.69) is 19.9 Å². The molecule has 1 nitrogen and oxygen atoms in total. The number of hydrogen-bond acceptors (Lipinski definition) is 1. The van der Waals surface area contributed by atoms with Gasteiger partial charge in [0, 0.05) is 11.8 Å². The van der Waals surface area contributed by atoms with Gasteiger partial charge in [-0.25, -0.2) is 0 Å². The van der Waals surface area contributed by atoms with Crippen LogP contribution in [-0.4, -0.2) is 5.78 Å². The van der Waals surface area contributed by atoms with Gasteiger partial charge in [-0.05, 0) is 31.6 Å². The van der Waals surface area contributed by atoms with Crippen LogP contribution >= 0.6 is 0 Å². The first-order chi connectivity index (χ1) is 6.20. The summed E-state index contributed by atoms with van der Waals surface area (Å²) in [6, 6.07) is 0. The minimum Gasteiger partial charge on any atom is -0.299 e. The third-order valence-corrected chi connectivity index (χ3v) is 3.73. The van der Waals surface area contributed by atoms with Crippen LogP contribution in [0.3, 0.4) is 0 Å². The predicted molar refractivity (Wildman–Crippen MR) is 53.4 cm³/mol. The van der Waals surface area contributed by atoms with Gasteiger partial charge in [0.1, 0.15) is 5.78 Å². The Balaban J connectivity index is 2.26. The van der Waals surface area contributed by atoms with Crippen LogP contribution in [0.1, 0.15) is 39.5 Å². The van der Waals surface area contributed by atoms with Crippen molar-refractivity contribution in [3.8, 4) is 0 Å². The summed E-state index contributed by atoms with van der Waals surface area (Å²) in [5.41, 5.74) is 1.57. The molecule has 0 N–H and O–H groups in total. The third kappa shape index (κ3) is 1.45. The first-order valence-corrected chi connectivity index (χ1v) is 5.43. The average Bonchev–Trinajstić information content (AvgIpc) is 2.56. The highest BCUT2D eigenvalue weighted by Gasteiger charge is 2.34. The highest BCUT2D eigenvalue weighted by atomic mass is 16.1. The molecule has 0 aliphatic heterocycles. The molecule has 0 spiro atoms. The fraction of sp³-hybridized carbons (Fsp3) is 0.750. The van der Waals surface area contributed by atoms with Gasteiger partial charge < -0.3 is 0 Å². The van der Waals surface area contributed by atoms with Crippen LogP contribution in [0.25, 0.3) is 0 Å². The van der Waals surface area contributed by atoms with Crippen LogP contribution in [0.15, 0.2) is 11.6 Å². The highest BCUT2D eigenvalue weighted by Crippen LogP contribution is 2.40. The normalized spacial score (nSPS) is 39.7. The topological polar surface area (TPSA) is 17.1 Å². The van der Waals surface area contributed by atoms with Crippen molar-refractivity contribution in [1.82, 2.24) is 0 Å². The number of rotatable bonds is 0. The van der Waals surface area contributed by atoms with E-state index in [0.29, 0.717) is 11.7 Å². The number of carbonyl (C=O) groups excluding carboxylic acids is 1. The molecule has 0 saturated heterocycles. The van der Waals surface area contributed by atoms with E-state index in [4.69, 9.17) is 0 Å². The van der Waals surface area contributed by atoms with E-state index in [1.165, 1.54) is 19.3 Å². The molecule has 2 rings (SSSR count). The molecule has 2 aliphatic carbocycles. The van der Waals surface area contributed by atoms with Crippen LogP contribution in [0, 0.1) is 17.8 Å². The number of ketones is 1. The molecule has 72 valence electrons. The molecule has 0 aromatic carbocycles. The lowest BCUT2D eigenvalue weighted by atomic mass is 9.85. The van der Waals surface area contributed by atoms with Crippen molar-refractivity contribution in [3.05, 3.63) is 11.6 Å². The lowest BCUT2D eigenvalue weighted by Crippen LogP contribution is -2.23. The molecular weight excluding hydrogens is 160 g/mol. The van der Waals surface area contributed by atoms with Crippen molar-refractivity contribution >= 4 is 5.78 Å². The molecule has 0 radical (unpaired) electrons. The van der Waals surface area contributed by atoms with Gasteiger partial charge in [0.2, 0.25) is 0 Å². The van der Waals surface area contributed by atoms with Gasteiger partial charge in [-0.1, -0.05) is 25.5 Å². The Morgan fingerprint density at radius 3 is 2.92 bits per heavy atom. The minimum atomic E-state index is 0.257. The van der Waals surface area contributed by atoms with Crippen LogP contribution < -0.4 is 0 Å². The van der Waals surface area contributed by atoms with Crippen LogP contribution in [-0.2, 0) is 4.79 Å². The quantitative estimate of drug-likeness (QED) is 0.521. The van der Waals surface area contributed by atoms with Gasteiger partial charge in [0.25, 0.3) is 0 Å². The van der Waals surface area contributed by atoms with Crippen LogP contribution in [0.2, 0.25) is 0 Å². The van der Waals surface area contributed by atoms with Crippen molar-refractivity contribution in [2.75, 3.05) is 0 Å². The summed E-state index contributed by atoms with van der Waals surface area (Å²) < 4.78 is 0. The summed E-state index contributed by atoms with van der Waals surface area (Å²) in [5.74, 6) is 1.62. The second-order valence-corrected chi connectivity index (χ2v) is 4.61. The zero-order valence-corrected chi connectivity index (χ0v) is 8.55. The lowest BCUT2D eigenvalue weighted by Gasteiger charge is -2.18. The van der Waals surface area contributed by atoms with Crippen molar-refractivity contribution in [3.63, 3.8) is 0 Å². The zero-order valence-electron chi connectivity index (χ0n) is 8.55. The van der Waals surface area contributed by atoms with Gasteiger partial charge in [0.15, 0.2) is 0 Å². The van der Waals surface area contributed by atoms with Crippen molar-refractivity contribution in [2.24, 2.45) is 17.8 Å². The Hall–Kier alpha value is -0.590. The average molecular weight is 178 g/mol. The molecule has 0 aromatic rings. The maximum Gasteiger partial charge on any atom is 0.139 e. The summed E-state index contributed by atoms with van der Waals surface area (Å²) in [6.07, 6.45) is 7.10. The molecule has 0 aromatic heterocycles. The van der Waals surface area contributed by atoms with E-state index in [1.54, 1.807) is 5.57 Å². The maximum absolute atomic E-state index is 11.9. The summed E-state index contributed by atoms with van der Waals surface area (Å²) in [5, 5.41) is 0. The fourth-order valence-electron chi connectivity index (χ4n) is 2.81. The van der Waals surface area contributed by atoms with Gasteiger partial charge in [-0.3, -0.25) is 4.79 Å². The largest absolute Gasteiger partial charge is 0.299 e. The van der Waals surface area contributed by atoms with Crippen molar-refractivity contribution in [2.45, 2.75) is 39.5 Å². The molecular formula is C12H18O. The van der Waals surface area contributed by atoms with E-state index in [9.17, 15) is 4.79 Å². The Morgan fingerprint density at radius 1 is 1.38 bits per heavy atom. The molecule has 1 saturated carbocycles. The standard InChI is InChI=1S/C12H18O/c1-8-6-7-10-4-3-5-11(10)9(2)12(8)13/h7-9,11H,3-6H2,1-2H3/t8-,9+,11+/m1/s1. The summed E-state index contributed by atoms with van der Waals surface area (Å²) in [7, 11) is 0. The van der Waals surface area contributed by atoms with Crippen molar-refractivity contribution in [1.29, 1.82) is 0 Å². The van der Waals surface area contributed by atoms with Crippen molar-refractivity contribution < 1.29 is 4.79 Å². The van der Waals surface area contributed by atoms with Gasteiger partial charge in [-0.2, -0.15) is 0 Å². The number of fused-ring (bicyclic) bond motifs is 1. The monoisotopic (exact) mass is 178 g/mol. The number of allylic oxidation sites excluding steroid dienone is 2. The first-order valence-electron chi connectivity index (χ1n) is 5.43. The number of Topliss-reactive ketones (excluding diaryl/α,β-unsaturated/α-hetero) is 1. The summed E-state index contributed by atoms with van der Waals surface area (Å²) >= 11 is 0. The Bertz CT molecular complexity index is 252. The summed E-state index contributed by atoms with van der Waals surface area (Å²) in [6.45, 7) is 4.19. The fourth-order valence-corrected chi connectivity index (χ4v) is 2.81. The van der Waals surface area contributed by atoms with E-state index in [0.717, 1.165) is 6.42 Å². The molecule has 0 unspecified atom stereocenters. The Labute approximate surface area is 80.2 Å². The smallest absolute Gasteiger partial charge is 0.139 e. The van der Waals surface area contributed by atoms with E-state index in [-0.39, 0.29) is 11.8 Å². The SMILES string of the molecule is C[C@@H]1CC=C2CCC[C@H]2[C@H](C)C1=O. The van der Waals surface area contributed by atoms with Crippen LogP contribution in [0.5, 0.6) is 0 Å². The Morgan fingerprint density at radius 2 is 2.15 bits per heavy atom. The predicted octanol–water partition coefficient (Wildman–Crippen LogP) is 2.96. The Kier molecular flexibility index (Phi) is 2.27. The second kappa shape index (κ2) is 3.28. The molecule has 3 atom stereocenters. The molecule has 0 heterocycles. The molecule has 2 aliphatic rings. The third-order valence-electron chi connectivity index (χ3n) is 3.73.